The summed E-state index contributed by atoms with van der Waals surface area (Å²) in [4.78, 5) is 18.0. The maximum Gasteiger partial charge on any atom is 0.271 e. The van der Waals surface area contributed by atoms with Crippen LogP contribution in [0.1, 0.15) is 24.4 Å². The van der Waals surface area contributed by atoms with Crippen molar-refractivity contribution in [3.05, 3.63) is 46.5 Å². The highest BCUT2D eigenvalue weighted by Crippen LogP contribution is 2.17. The maximum absolute atomic E-state index is 12.4. The van der Waals surface area contributed by atoms with Crippen LogP contribution in [0.5, 0.6) is 0 Å². The van der Waals surface area contributed by atoms with Crippen molar-refractivity contribution in [1.29, 1.82) is 5.41 Å². The largest absolute Gasteiger partial charge is 0.397 e. The summed E-state index contributed by atoms with van der Waals surface area (Å²) in [5, 5.41) is 11.6. The molecule has 0 spiro atoms. The van der Waals surface area contributed by atoms with Crippen molar-refractivity contribution >= 4 is 21.4 Å². The summed E-state index contributed by atoms with van der Waals surface area (Å²) in [6.45, 7) is 0.770. The van der Waals surface area contributed by atoms with Gasteiger partial charge in [0, 0.05) is 19.2 Å². The lowest BCUT2D eigenvalue weighted by atomic mass is 10.2. The number of nitrogens with two attached hydrogens (primary N) is 1. The lowest BCUT2D eigenvalue weighted by Gasteiger charge is -2.14. The van der Waals surface area contributed by atoms with E-state index in [4.69, 9.17) is 11.1 Å². The highest BCUT2D eigenvalue weighted by molar-refractivity contribution is 7.89. The summed E-state index contributed by atoms with van der Waals surface area (Å²) in [5.41, 5.74) is 5.24. The first-order valence-electron chi connectivity index (χ1n) is 7.46. The van der Waals surface area contributed by atoms with Gasteiger partial charge in [0.05, 0.1) is 17.6 Å². The van der Waals surface area contributed by atoms with Crippen molar-refractivity contribution < 1.29 is 12.9 Å². The molecule has 3 heterocycles. The molecule has 0 saturated carbocycles. The van der Waals surface area contributed by atoms with E-state index in [0.717, 1.165) is 19.0 Å². The molecule has 0 unspecified atom stereocenters. The van der Waals surface area contributed by atoms with Crippen molar-refractivity contribution in [1.82, 2.24) is 19.4 Å². The van der Waals surface area contributed by atoms with Crippen LogP contribution in [0, 0.1) is 5.41 Å². The molecule has 0 aliphatic carbocycles. The van der Waals surface area contributed by atoms with E-state index in [9.17, 15) is 13.2 Å². The fourth-order valence-electron chi connectivity index (χ4n) is 2.43. The average Bonchev–Trinajstić information content (AvgIpc) is 3.28. The lowest BCUT2D eigenvalue weighted by molar-refractivity contribution is 0.417. The molecular weight excluding hydrogens is 348 g/mol. The zero-order chi connectivity index (χ0) is 18.0. The van der Waals surface area contributed by atoms with Crippen LogP contribution in [0.2, 0.25) is 0 Å². The van der Waals surface area contributed by atoms with Crippen LogP contribution in [-0.4, -0.2) is 46.6 Å². The number of nitrogens with one attached hydrogen (secondary N) is 2. The Kier molecular flexibility index (Phi) is 4.51. The van der Waals surface area contributed by atoms with E-state index in [0.29, 0.717) is 18.8 Å². The number of aromatic amines is 1. The van der Waals surface area contributed by atoms with E-state index < -0.39 is 20.5 Å². The summed E-state index contributed by atoms with van der Waals surface area (Å²) in [6, 6.07) is 1.51. The summed E-state index contributed by atoms with van der Waals surface area (Å²) >= 11 is 0. The van der Waals surface area contributed by atoms with Crippen molar-refractivity contribution in [3.63, 3.8) is 0 Å². The molecule has 0 bridgehead atoms. The summed E-state index contributed by atoms with van der Waals surface area (Å²) < 4.78 is 30.8. The van der Waals surface area contributed by atoms with Gasteiger partial charge in [0.15, 0.2) is 10.7 Å². The van der Waals surface area contributed by atoms with Crippen molar-refractivity contribution in [2.45, 2.75) is 17.7 Å². The van der Waals surface area contributed by atoms with Gasteiger partial charge in [-0.2, -0.15) is 4.31 Å². The predicted molar refractivity (Wildman–Crippen MR) is 88.3 cm³/mol. The van der Waals surface area contributed by atoms with Crippen LogP contribution < -0.4 is 11.3 Å². The van der Waals surface area contributed by atoms with Crippen LogP contribution >= 0.6 is 0 Å². The lowest BCUT2D eigenvalue weighted by Crippen LogP contribution is -2.33. The topological polar surface area (TPSA) is 159 Å². The van der Waals surface area contributed by atoms with Gasteiger partial charge in [0.2, 0.25) is 10.0 Å². The number of aromatic nitrogens is 3. The monoisotopic (exact) mass is 364 g/mol. The molecule has 1 fully saturated rings. The molecule has 25 heavy (non-hydrogen) atoms. The maximum atomic E-state index is 12.4. The minimum Gasteiger partial charge on any atom is -0.397 e. The van der Waals surface area contributed by atoms with Gasteiger partial charge in [-0.05, 0) is 18.9 Å². The number of hydrogen-bond acceptors (Lipinski definition) is 8. The zero-order valence-electron chi connectivity index (χ0n) is 13.1. The fraction of sp³-hybridized carbons (Fsp3) is 0.286. The van der Waals surface area contributed by atoms with E-state index in [1.54, 1.807) is 0 Å². The Labute approximate surface area is 142 Å². The number of sulfonamides is 1. The average molecular weight is 364 g/mol. The van der Waals surface area contributed by atoms with E-state index in [2.05, 4.69) is 19.6 Å². The molecule has 2 aromatic rings. The van der Waals surface area contributed by atoms with Crippen molar-refractivity contribution in [3.8, 4) is 0 Å². The van der Waals surface area contributed by atoms with Crippen LogP contribution in [0.4, 0.5) is 0 Å². The smallest absolute Gasteiger partial charge is 0.271 e. The summed E-state index contributed by atoms with van der Waals surface area (Å²) in [6.07, 6.45) is 5.07. The van der Waals surface area contributed by atoms with Crippen LogP contribution in [0.25, 0.3) is 5.70 Å². The van der Waals surface area contributed by atoms with E-state index in [1.165, 1.54) is 22.7 Å². The first-order valence-corrected chi connectivity index (χ1v) is 8.90. The van der Waals surface area contributed by atoms with Gasteiger partial charge in [0.1, 0.15) is 12.0 Å². The Hall–Kier alpha value is -2.79. The quantitative estimate of drug-likeness (QED) is 0.625. The predicted octanol–water partition coefficient (Wildman–Crippen LogP) is -0.0899. The van der Waals surface area contributed by atoms with Gasteiger partial charge in [-0.25, -0.2) is 13.4 Å². The Morgan fingerprint density at radius 2 is 2.12 bits per heavy atom. The molecule has 0 amide bonds. The van der Waals surface area contributed by atoms with E-state index >= 15 is 0 Å². The Morgan fingerprint density at radius 3 is 2.72 bits per heavy atom. The third-order valence-electron chi connectivity index (χ3n) is 3.74. The minimum atomic E-state index is -3.88. The number of allylic oxidation sites excluding steroid dienone is 1. The number of hydrogen-bond donors (Lipinski definition) is 3. The van der Waals surface area contributed by atoms with Gasteiger partial charge >= 0.3 is 0 Å². The van der Waals surface area contributed by atoms with Crippen molar-refractivity contribution in [2.24, 2.45) is 5.73 Å². The third kappa shape index (κ3) is 3.37. The van der Waals surface area contributed by atoms with Gasteiger partial charge in [-0.1, -0.05) is 5.16 Å². The standard InChI is InChI=1S/C14H16N6O4S/c15-9(11-3-6-24-19-11)7-10(16)13-17-8-12(14(21)18-13)25(22,23)20-4-1-2-5-20/h3,6-8,16H,1-2,4-5,15H2,(H,17,18,21)/b9-7-,16-10?. The van der Waals surface area contributed by atoms with Gasteiger partial charge in [-0.15, -0.1) is 0 Å². The van der Waals surface area contributed by atoms with Gasteiger partial charge in [-0.3, -0.25) is 10.2 Å². The highest BCUT2D eigenvalue weighted by Gasteiger charge is 2.30. The van der Waals surface area contributed by atoms with Crippen LogP contribution in [0.3, 0.4) is 0 Å². The molecule has 0 aromatic carbocycles. The molecule has 0 atom stereocenters. The first-order chi connectivity index (χ1) is 11.9. The fourth-order valence-corrected chi connectivity index (χ4v) is 3.92. The molecule has 3 rings (SSSR count). The second-order valence-electron chi connectivity index (χ2n) is 5.43. The zero-order valence-corrected chi connectivity index (χ0v) is 13.9. The SMILES string of the molecule is N=C(/C=C(\N)c1ccon1)c1ncc(S(=O)(=O)N2CCCC2)c(=O)[nH]1. The van der Waals surface area contributed by atoms with E-state index in [1.807, 2.05) is 0 Å². The van der Waals surface area contributed by atoms with E-state index in [-0.39, 0.29) is 17.2 Å². The normalized spacial score (nSPS) is 16.2. The second-order valence-corrected chi connectivity index (χ2v) is 7.34. The van der Waals surface area contributed by atoms with Crippen molar-refractivity contribution in [2.75, 3.05) is 13.1 Å². The molecule has 4 N–H and O–H groups in total. The highest BCUT2D eigenvalue weighted by atomic mass is 32.2. The molecule has 0 radical (unpaired) electrons. The molecule has 1 saturated heterocycles. The second kappa shape index (κ2) is 6.61. The van der Waals surface area contributed by atoms with Crippen LogP contribution in [0.15, 0.2) is 38.8 Å². The Bertz CT molecular complexity index is 971. The third-order valence-corrected chi connectivity index (χ3v) is 5.63. The molecule has 1 aliphatic rings. The molecule has 132 valence electrons. The molecular formula is C14H16N6O4S. The van der Waals surface area contributed by atoms with Crippen LogP contribution in [-0.2, 0) is 10.0 Å². The molecule has 10 nitrogen and oxygen atoms in total. The summed E-state index contributed by atoms with van der Waals surface area (Å²) in [5.74, 6) is -0.100. The number of H-pyrrole nitrogens is 1. The molecule has 2 aromatic heterocycles. The molecule has 11 heteroatoms. The summed E-state index contributed by atoms with van der Waals surface area (Å²) in [7, 11) is -3.88. The van der Waals surface area contributed by atoms with Gasteiger partial charge < -0.3 is 15.2 Å². The number of rotatable bonds is 5. The minimum absolute atomic E-state index is 0.100. The first kappa shape index (κ1) is 17.0. The number of nitrogens with zero attached hydrogens (tertiary/aromatic N) is 3. The Balaban J connectivity index is 1.88. The molecule has 1 aliphatic heterocycles. The van der Waals surface area contributed by atoms with Gasteiger partial charge in [0.25, 0.3) is 5.56 Å². The Morgan fingerprint density at radius 1 is 1.40 bits per heavy atom.